The van der Waals surface area contributed by atoms with E-state index >= 15 is 0 Å². The van der Waals surface area contributed by atoms with Crippen LogP contribution in [0.4, 0.5) is 0 Å². The fourth-order valence-corrected chi connectivity index (χ4v) is 0.728. The molecule has 0 aromatic carbocycles. The van der Waals surface area contributed by atoms with Crippen LogP contribution in [0.3, 0.4) is 0 Å². The molecular formula is C6H10NO2P. The van der Waals surface area contributed by atoms with Crippen LogP contribution in [0.1, 0.15) is 6.42 Å². The first-order chi connectivity index (χ1) is 4.91. The fraction of sp³-hybridized carbons (Fsp3) is 0.500. The number of rotatable bonds is 6. The van der Waals surface area contributed by atoms with Gasteiger partial charge in [0.1, 0.15) is 0 Å². The molecule has 0 aromatic heterocycles. The van der Waals surface area contributed by atoms with Gasteiger partial charge in [-0.15, -0.1) is 6.58 Å². The van der Waals surface area contributed by atoms with E-state index in [1.54, 1.807) is 6.08 Å². The summed E-state index contributed by atoms with van der Waals surface area (Å²) in [6.07, 6.45) is 2.07. The molecule has 0 aromatic rings. The Morgan fingerprint density at radius 1 is 1.60 bits per heavy atom. The molecule has 0 fully saturated rings. The normalized spacial score (nSPS) is 9.90. The van der Waals surface area contributed by atoms with Gasteiger partial charge in [-0.05, 0) is 0 Å². The third-order valence-electron chi connectivity index (χ3n) is 0.635. The topological polar surface area (TPSA) is 42.2 Å². The molecule has 1 atom stereocenters. The molecule has 0 aliphatic carbocycles. The quantitative estimate of drug-likeness (QED) is 0.336. The summed E-state index contributed by atoms with van der Waals surface area (Å²) in [6, 6.07) is 1.96. The molecule has 0 saturated heterocycles. The zero-order chi connectivity index (χ0) is 7.66. The predicted molar refractivity (Wildman–Crippen MR) is 40.6 cm³/mol. The van der Waals surface area contributed by atoms with Crippen LogP contribution < -0.4 is 0 Å². The van der Waals surface area contributed by atoms with Crippen LogP contribution in [0.5, 0.6) is 0 Å². The zero-order valence-electron chi connectivity index (χ0n) is 5.67. The molecule has 1 unspecified atom stereocenters. The standard InChI is InChI=1S/C6H10NO2P/c1-2-5-8-10-9-6-3-4-7/h2,10H,1,3,5-6H2. The summed E-state index contributed by atoms with van der Waals surface area (Å²) in [5, 5.41) is 8.09. The maximum absolute atomic E-state index is 8.09. The third kappa shape index (κ3) is 7.58. The van der Waals surface area contributed by atoms with E-state index in [-0.39, 0.29) is 9.03 Å². The number of nitrogens with zero attached hydrogens (tertiary/aromatic N) is 1. The van der Waals surface area contributed by atoms with Crippen molar-refractivity contribution in [3.8, 4) is 6.07 Å². The average molecular weight is 159 g/mol. The molecule has 56 valence electrons. The monoisotopic (exact) mass is 159 g/mol. The van der Waals surface area contributed by atoms with Crippen LogP contribution in [-0.2, 0) is 9.05 Å². The Kier molecular flexibility index (Phi) is 8.22. The highest BCUT2D eigenvalue weighted by Crippen LogP contribution is 2.12. The van der Waals surface area contributed by atoms with E-state index in [1.807, 2.05) is 6.07 Å². The van der Waals surface area contributed by atoms with Gasteiger partial charge >= 0.3 is 0 Å². The number of hydrogen-bond acceptors (Lipinski definition) is 3. The van der Waals surface area contributed by atoms with Crippen molar-refractivity contribution in [3.63, 3.8) is 0 Å². The summed E-state index contributed by atoms with van der Waals surface area (Å²) in [4.78, 5) is 0. The van der Waals surface area contributed by atoms with Crippen molar-refractivity contribution in [2.75, 3.05) is 13.2 Å². The number of nitriles is 1. The van der Waals surface area contributed by atoms with E-state index in [2.05, 4.69) is 6.58 Å². The van der Waals surface area contributed by atoms with Gasteiger partial charge in [0.25, 0.3) is 0 Å². The maximum Gasteiger partial charge on any atom is 0.155 e. The molecule has 0 saturated carbocycles. The summed E-state index contributed by atoms with van der Waals surface area (Å²) in [5.74, 6) is 0. The van der Waals surface area contributed by atoms with Crippen LogP contribution in [0.25, 0.3) is 0 Å². The summed E-state index contributed by atoms with van der Waals surface area (Å²) in [6.45, 7) is 4.42. The minimum absolute atomic E-state index is 0.0265. The molecule has 0 spiro atoms. The first kappa shape index (κ1) is 9.58. The molecule has 10 heavy (non-hydrogen) atoms. The first-order valence-corrected chi connectivity index (χ1v) is 3.70. The smallest absolute Gasteiger partial charge is 0.155 e. The van der Waals surface area contributed by atoms with Crippen LogP contribution in [0, 0.1) is 11.3 Å². The Bertz CT molecular complexity index is 121. The van der Waals surface area contributed by atoms with E-state index in [0.29, 0.717) is 19.6 Å². The predicted octanol–water partition coefficient (Wildman–Crippen LogP) is 1.63. The molecule has 0 radical (unpaired) electrons. The van der Waals surface area contributed by atoms with E-state index in [4.69, 9.17) is 14.3 Å². The second-order valence-corrected chi connectivity index (χ2v) is 2.18. The summed E-state index contributed by atoms with van der Waals surface area (Å²) in [7, 11) is 0.0265. The molecule has 0 heterocycles. The Morgan fingerprint density at radius 3 is 3.00 bits per heavy atom. The van der Waals surface area contributed by atoms with E-state index in [0.717, 1.165) is 0 Å². The third-order valence-corrected chi connectivity index (χ3v) is 1.24. The minimum Gasteiger partial charge on any atom is -0.335 e. The molecule has 0 aliphatic rings. The second kappa shape index (κ2) is 8.58. The van der Waals surface area contributed by atoms with Crippen molar-refractivity contribution >= 4 is 9.03 Å². The lowest BCUT2D eigenvalue weighted by Crippen LogP contribution is -1.84. The lowest BCUT2D eigenvalue weighted by Gasteiger charge is -1.98. The minimum atomic E-state index is 0.0265. The molecule has 0 rings (SSSR count). The van der Waals surface area contributed by atoms with E-state index in [9.17, 15) is 0 Å². The Balaban J connectivity index is 2.78. The lowest BCUT2D eigenvalue weighted by atomic mass is 10.5. The highest BCUT2D eigenvalue weighted by molar-refractivity contribution is 7.26. The SMILES string of the molecule is C=CCOPOCCC#N. The molecule has 0 N–H and O–H groups in total. The van der Waals surface area contributed by atoms with Crippen LogP contribution in [0.15, 0.2) is 12.7 Å². The highest BCUT2D eigenvalue weighted by atomic mass is 31.1. The van der Waals surface area contributed by atoms with Crippen molar-refractivity contribution in [1.82, 2.24) is 0 Å². The van der Waals surface area contributed by atoms with Crippen LogP contribution in [0.2, 0.25) is 0 Å². The van der Waals surface area contributed by atoms with Crippen molar-refractivity contribution in [2.45, 2.75) is 6.42 Å². The highest BCUT2D eigenvalue weighted by Gasteiger charge is 1.85. The Morgan fingerprint density at radius 2 is 2.40 bits per heavy atom. The summed E-state index contributed by atoms with van der Waals surface area (Å²) >= 11 is 0. The average Bonchev–Trinajstić information content (AvgIpc) is 1.97. The zero-order valence-corrected chi connectivity index (χ0v) is 6.67. The van der Waals surface area contributed by atoms with Crippen molar-refractivity contribution in [1.29, 1.82) is 5.26 Å². The Hall–Kier alpha value is -0.420. The van der Waals surface area contributed by atoms with Gasteiger partial charge in [0.2, 0.25) is 0 Å². The Labute approximate surface area is 62.6 Å². The van der Waals surface area contributed by atoms with Crippen molar-refractivity contribution in [3.05, 3.63) is 12.7 Å². The summed E-state index contributed by atoms with van der Waals surface area (Å²) in [5.41, 5.74) is 0. The van der Waals surface area contributed by atoms with Gasteiger partial charge in [0.05, 0.1) is 25.7 Å². The molecule has 0 aliphatic heterocycles. The van der Waals surface area contributed by atoms with Gasteiger partial charge in [-0.3, -0.25) is 0 Å². The van der Waals surface area contributed by atoms with Gasteiger partial charge in [-0.25, -0.2) is 0 Å². The van der Waals surface area contributed by atoms with Crippen LogP contribution in [-0.4, -0.2) is 13.2 Å². The lowest BCUT2D eigenvalue weighted by molar-refractivity contribution is 0.291. The van der Waals surface area contributed by atoms with E-state index in [1.165, 1.54) is 0 Å². The largest absolute Gasteiger partial charge is 0.335 e. The molecule has 3 nitrogen and oxygen atoms in total. The van der Waals surface area contributed by atoms with Crippen LogP contribution >= 0.6 is 9.03 Å². The molecule has 4 heteroatoms. The fourth-order valence-electron chi connectivity index (χ4n) is 0.273. The van der Waals surface area contributed by atoms with Gasteiger partial charge in [-0.1, -0.05) is 6.08 Å². The number of hydrogen-bond donors (Lipinski definition) is 0. The van der Waals surface area contributed by atoms with Crippen molar-refractivity contribution < 1.29 is 9.05 Å². The first-order valence-electron chi connectivity index (χ1n) is 2.88. The molecule has 0 amide bonds. The van der Waals surface area contributed by atoms with Gasteiger partial charge in [0.15, 0.2) is 9.03 Å². The second-order valence-electron chi connectivity index (χ2n) is 1.44. The van der Waals surface area contributed by atoms with Crippen molar-refractivity contribution in [2.24, 2.45) is 0 Å². The van der Waals surface area contributed by atoms with Gasteiger partial charge in [0, 0.05) is 0 Å². The van der Waals surface area contributed by atoms with Gasteiger partial charge < -0.3 is 9.05 Å². The molecule has 0 bridgehead atoms. The van der Waals surface area contributed by atoms with Gasteiger partial charge in [-0.2, -0.15) is 5.26 Å². The molecular weight excluding hydrogens is 149 g/mol. The van der Waals surface area contributed by atoms with E-state index < -0.39 is 0 Å². The maximum atomic E-state index is 8.09. The summed E-state index contributed by atoms with van der Waals surface area (Å²) < 4.78 is 9.82.